The zero-order valence-corrected chi connectivity index (χ0v) is 13.0. The molecular formula is C14H15ClN4OS. The van der Waals surface area contributed by atoms with Crippen LogP contribution >= 0.6 is 23.8 Å². The van der Waals surface area contributed by atoms with E-state index in [9.17, 15) is 4.79 Å². The number of nitrogens with one attached hydrogen (secondary N) is 1. The summed E-state index contributed by atoms with van der Waals surface area (Å²) in [5.41, 5.74) is 7.84. The Hall–Kier alpha value is -1.92. The van der Waals surface area contributed by atoms with Crippen molar-refractivity contribution in [3.05, 3.63) is 46.7 Å². The van der Waals surface area contributed by atoms with Gasteiger partial charge in [-0.2, -0.15) is 5.10 Å². The van der Waals surface area contributed by atoms with E-state index in [1.165, 1.54) is 0 Å². The van der Waals surface area contributed by atoms with Crippen molar-refractivity contribution in [2.75, 3.05) is 5.32 Å². The average Bonchev–Trinajstić information content (AvgIpc) is 2.77. The SMILES string of the molecule is Cc1c(Cl)cnn1CCC(=O)Nc1ccc(C(N)=S)cc1. The molecule has 1 aromatic carbocycles. The number of amides is 1. The lowest BCUT2D eigenvalue weighted by Gasteiger charge is -2.07. The first kappa shape index (κ1) is 15.5. The third kappa shape index (κ3) is 4.03. The number of aromatic nitrogens is 2. The van der Waals surface area contributed by atoms with Crippen molar-refractivity contribution in [1.82, 2.24) is 9.78 Å². The predicted molar refractivity (Wildman–Crippen MR) is 87.6 cm³/mol. The smallest absolute Gasteiger partial charge is 0.226 e. The van der Waals surface area contributed by atoms with Crippen LogP contribution < -0.4 is 11.1 Å². The molecule has 110 valence electrons. The largest absolute Gasteiger partial charge is 0.389 e. The number of thiocarbonyl (C=S) groups is 1. The van der Waals surface area contributed by atoms with E-state index in [4.69, 9.17) is 29.6 Å². The monoisotopic (exact) mass is 322 g/mol. The minimum Gasteiger partial charge on any atom is -0.389 e. The quantitative estimate of drug-likeness (QED) is 0.830. The molecule has 1 heterocycles. The van der Waals surface area contributed by atoms with Crippen LogP contribution in [-0.2, 0) is 11.3 Å². The number of hydrogen-bond donors (Lipinski definition) is 2. The van der Waals surface area contributed by atoms with Crippen LogP contribution in [-0.4, -0.2) is 20.7 Å². The summed E-state index contributed by atoms with van der Waals surface area (Å²) in [6.45, 7) is 2.34. The highest BCUT2D eigenvalue weighted by Crippen LogP contribution is 2.14. The summed E-state index contributed by atoms with van der Waals surface area (Å²) < 4.78 is 1.71. The fraction of sp³-hybridized carbons (Fsp3) is 0.214. The third-order valence-corrected chi connectivity index (χ3v) is 3.65. The highest BCUT2D eigenvalue weighted by molar-refractivity contribution is 7.80. The lowest BCUT2D eigenvalue weighted by atomic mass is 10.2. The third-order valence-electron chi connectivity index (χ3n) is 3.05. The van der Waals surface area contributed by atoms with Gasteiger partial charge in [0.15, 0.2) is 0 Å². The first-order valence-corrected chi connectivity index (χ1v) is 7.13. The maximum Gasteiger partial charge on any atom is 0.226 e. The Bertz CT molecular complexity index is 666. The Morgan fingerprint density at radius 3 is 2.62 bits per heavy atom. The number of carbonyl (C=O) groups is 1. The fourth-order valence-corrected chi connectivity index (χ4v) is 2.08. The van der Waals surface area contributed by atoms with E-state index in [0.29, 0.717) is 28.7 Å². The molecular weight excluding hydrogens is 308 g/mol. The van der Waals surface area contributed by atoms with Crippen LogP contribution in [0.1, 0.15) is 17.7 Å². The number of hydrogen-bond acceptors (Lipinski definition) is 3. The predicted octanol–water partition coefficient (Wildman–Crippen LogP) is 2.51. The second kappa shape index (κ2) is 6.69. The zero-order valence-electron chi connectivity index (χ0n) is 11.5. The van der Waals surface area contributed by atoms with Gasteiger partial charge in [0.05, 0.1) is 23.5 Å². The molecule has 0 saturated carbocycles. The van der Waals surface area contributed by atoms with Crippen LogP contribution in [0, 0.1) is 6.92 Å². The standard InChI is InChI=1S/C14H15ClN4OS/c1-9-12(15)8-17-19(9)7-6-13(20)18-11-4-2-10(3-5-11)14(16)21/h2-5,8H,6-7H2,1H3,(H2,16,21)(H,18,20). The molecule has 2 rings (SSSR count). The number of benzene rings is 1. The maximum absolute atomic E-state index is 11.9. The van der Waals surface area contributed by atoms with Gasteiger partial charge in [0.1, 0.15) is 4.99 Å². The molecule has 0 unspecified atom stereocenters. The van der Waals surface area contributed by atoms with E-state index in [1.54, 1.807) is 35.1 Å². The van der Waals surface area contributed by atoms with Crippen LogP contribution in [0.5, 0.6) is 0 Å². The van der Waals surface area contributed by atoms with Crippen molar-refractivity contribution in [1.29, 1.82) is 0 Å². The van der Waals surface area contributed by atoms with E-state index in [1.807, 2.05) is 6.92 Å². The molecule has 0 radical (unpaired) electrons. The highest BCUT2D eigenvalue weighted by Gasteiger charge is 2.07. The van der Waals surface area contributed by atoms with Crippen molar-refractivity contribution >= 4 is 40.4 Å². The summed E-state index contributed by atoms with van der Waals surface area (Å²) in [7, 11) is 0. The van der Waals surface area contributed by atoms with Gasteiger partial charge in [-0.3, -0.25) is 9.48 Å². The molecule has 0 aliphatic carbocycles. The summed E-state index contributed by atoms with van der Waals surface area (Å²) in [5, 5.41) is 7.51. The van der Waals surface area contributed by atoms with Crippen molar-refractivity contribution in [2.24, 2.45) is 5.73 Å². The molecule has 0 atom stereocenters. The van der Waals surface area contributed by atoms with Crippen LogP contribution in [0.15, 0.2) is 30.5 Å². The summed E-state index contributed by atoms with van der Waals surface area (Å²) in [5.74, 6) is -0.0934. The summed E-state index contributed by atoms with van der Waals surface area (Å²) >= 11 is 10.8. The molecule has 3 N–H and O–H groups in total. The normalized spacial score (nSPS) is 10.4. The van der Waals surface area contributed by atoms with Crippen LogP contribution in [0.25, 0.3) is 0 Å². The van der Waals surface area contributed by atoms with E-state index in [-0.39, 0.29) is 5.91 Å². The minimum atomic E-state index is -0.0934. The number of carbonyl (C=O) groups excluding carboxylic acids is 1. The first-order valence-electron chi connectivity index (χ1n) is 6.35. The van der Waals surface area contributed by atoms with Gasteiger partial charge in [-0.05, 0) is 31.2 Å². The van der Waals surface area contributed by atoms with E-state index in [2.05, 4.69) is 10.4 Å². The van der Waals surface area contributed by atoms with Crippen LogP contribution in [0.2, 0.25) is 5.02 Å². The van der Waals surface area contributed by atoms with Gasteiger partial charge in [0, 0.05) is 17.7 Å². The Labute approximate surface area is 133 Å². The van der Waals surface area contributed by atoms with E-state index in [0.717, 1.165) is 11.3 Å². The average molecular weight is 323 g/mol. The van der Waals surface area contributed by atoms with E-state index < -0.39 is 0 Å². The van der Waals surface area contributed by atoms with E-state index >= 15 is 0 Å². The van der Waals surface area contributed by atoms with Crippen molar-refractivity contribution in [3.63, 3.8) is 0 Å². The summed E-state index contributed by atoms with van der Waals surface area (Å²) in [6.07, 6.45) is 1.89. The van der Waals surface area contributed by atoms with Crippen molar-refractivity contribution in [2.45, 2.75) is 19.9 Å². The summed E-state index contributed by atoms with van der Waals surface area (Å²) in [4.78, 5) is 12.2. The first-order chi connectivity index (χ1) is 9.97. The number of halogens is 1. The molecule has 0 aliphatic rings. The van der Waals surface area contributed by atoms with Gasteiger partial charge in [-0.15, -0.1) is 0 Å². The van der Waals surface area contributed by atoms with Crippen LogP contribution in [0.3, 0.4) is 0 Å². The minimum absolute atomic E-state index is 0.0934. The second-order valence-electron chi connectivity index (χ2n) is 4.54. The molecule has 5 nitrogen and oxygen atoms in total. The molecule has 21 heavy (non-hydrogen) atoms. The molecule has 0 spiro atoms. The Balaban J connectivity index is 1.89. The Morgan fingerprint density at radius 2 is 2.10 bits per heavy atom. The van der Waals surface area contributed by atoms with Crippen LogP contribution in [0.4, 0.5) is 5.69 Å². The number of nitrogens with zero attached hydrogens (tertiary/aromatic N) is 2. The van der Waals surface area contributed by atoms with Gasteiger partial charge in [0.2, 0.25) is 5.91 Å². The molecule has 0 fully saturated rings. The number of aryl methyl sites for hydroxylation is 1. The van der Waals surface area contributed by atoms with Crippen molar-refractivity contribution < 1.29 is 4.79 Å². The molecule has 0 saturated heterocycles. The maximum atomic E-state index is 11.9. The van der Waals surface area contributed by atoms with Gasteiger partial charge in [0.25, 0.3) is 0 Å². The lowest BCUT2D eigenvalue weighted by molar-refractivity contribution is -0.116. The molecule has 0 bridgehead atoms. The molecule has 1 amide bonds. The molecule has 7 heteroatoms. The molecule has 2 aromatic rings. The molecule has 1 aromatic heterocycles. The topological polar surface area (TPSA) is 72.9 Å². The van der Waals surface area contributed by atoms with Gasteiger partial charge in [-0.25, -0.2) is 0 Å². The number of rotatable bonds is 5. The number of nitrogens with two attached hydrogens (primary N) is 1. The van der Waals surface area contributed by atoms with Gasteiger partial charge >= 0.3 is 0 Å². The highest BCUT2D eigenvalue weighted by atomic mass is 35.5. The van der Waals surface area contributed by atoms with Gasteiger partial charge in [-0.1, -0.05) is 23.8 Å². The zero-order chi connectivity index (χ0) is 15.4. The Morgan fingerprint density at radius 1 is 1.43 bits per heavy atom. The van der Waals surface area contributed by atoms with Gasteiger partial charge < -0.3 is 11.1 Å². The lowest BCUT2D eigenvalue weighted by Crippen LogP contribution is -2.16. The number of anilines is 1. The summed E-state index contributed by atoms with van der Waals surface area (Å²) in [6, 6.07) is 7.08. The Kier molecular flexibility index (Phi) is 4.93. The van der Waals surface area contributed by atoms with Crippen molar-refractivity contribution in [3.8, 4) is 0 Å². The second-order valence-corrected chi connectivity index (χ2v) is 5.39. The molecule has 0 aliphatic heterocycles. The fourth-order valence-electron chi connectivity index (χ4n) is 1.80.